The van der Waals surface area contributed by atoms with Crippen LogP contribution in [0.5, 0.6) is 0 Å². The van der Waals surface area contributed by atoms with Crippen LogP contribution >= 0.6 is 0 Å². The quantitative estimate of drug-likeness (QED) is 0.792. The van der Waals surface area contributed by atoms with Crippen LogP contribution in [-0.2, 0) is 4.79 Å². The topological polar surface area (TPSA) is 32.3 Å². The number of rotatable bonds is 3. The molecule has 0 spiro atoms. The molecule has 0 aromatic rings. The first-order valence-electron chi connectivity index (χ1n) is 6.44. The monoisotopic (exact) mass is 224 g/mol. The van der Waals surface area contributed by atoms with Gasteiger partial charge in [0, 0.05) is 30.6 Å². The molecule has 2 rings (SSSR count). The van der Waals surface area contributed by atoms with Crippen LogP contribution < -0.4 is 5.32 Å². The molecule has 1 saturated carbocycles. The maximum Gasteiger partial charge on any atom is 0.224 e. The van der Waals surface area contributed by atoms with Crippen LogP contribution in [0.2, 0.25) is 0 Å². The summed E-state index contributed by atoms with van der Waals surface area (Å²) in [7, 11) is 0. The molecule has 1 saturated heterocycles. The third-order valence-electron chi connectivity index (χ3n) is 3.76. The fraction of sp³-hybridized carbons (Fsp3) is 0.923. The van der Waals surface area contributed by atoms with Gasteiger partial charge in [-0.15, -0.1) is 0 Å². The molecule has 1 aliphatic heterocycles. The standard InChI is InChI=1S/C13H24N2O/c1-9(10-5-6-10)14-11-7-12(16)15(8-11)13(2,3)4/h9-11,14H,5-8H2,1-4H3. The molecule has 2 unspecified atom stereocenters. The lowest BCUT2D eigenvalue weighted by Gasteiger charge is -2.32. The van der Waals surface area contributed by atoms with Gasteiger partial charge < -0.3 is 10.2 Å². The third kappa shape index (κ3) is 2.57. The van der Waals surface area contributed by atoms with Gasteiger partial charge in [0.25, 0.3) is 0 Å². The lowest BCUT2D eigenvalue weighted by molar-refractivity contribution is -0.131. The Morgan fingerprint density at radius 2 is 2.00 bits per heavy atom. The Labute approximate surface area is 98.6 Å². The summed E-state index contributed by atoms with van der Waals surface area (Å²) < 4.78 is 0. The zero-order chi connectivity index (χ0) is 11.9. The number of carbonyl (C=O) groups excluding carboxylic acids is 1. The maximum absolute atomic E-state index is 11.9. The summed E-state index contributed by atoms with van der Waals surface area (Å²) in [4.78, 5) is 13.9. The van der Waals surface area contributed by atoms with Crippen molar-refractivity contribution < 1.29 is 4.79 Å². The molecule has 0 aromatic heterocycles. The average Bonchev–Trinajstić information content (AvgIpc) is 2.90. The molecule has 0 bridgehead atoms. The van der Waals surface area contributed by atoms with Gasteiger partial charge in [-0.05, 0) is 46.5 Å². The largest absolute Gasteiger partial charge is 0.336 e. The number of hydrogen-bond acceptors (Lipinski definition) is 2. The van der Waals surface area contributed by atoms with E-state index in [0.717, 1.165) is 12.5 Å². The Hall–Kier alpha value is -0.570. The second-order valence-corrected chi connectivity index (χ2v) is 6.37. The molecule has 2 aliphatic rings. The smallest absolute Gasteiger partial charge is 0.224 e. The molecule has 1 amide bonds. The van der Waals surface area contributed by atoms with Gasteiger partial charge in [0.2, 0.25) is 5.91 Å². The summed E-state index contributed by atoms with van der Waals surface area (Å²) >= 11 is 0. The van der Waals surface area contributed by atoms with E-state index in [1.807, 2.05) is 4.90 Å². The highest BCUT2D eigenvalue weighted by atomic mass is 16.2. The van der Waals surface area contributed by atoms with Crippen molar-refractivity contribution in [3.05, 3.63) is 0 Å². The molecule has 1 N–H and O–H groups in total. The first-order chi connectivity index (χ1) is 7.38. The molecule has 1 aliphatic carbocycles. The zero-order valence-corrected chi connectivity index (χ0v) is 10.9. The van der Waals surface area contributed by atoms with Crippen LogP contribution in [0, 0.1) is 5.92 Å². The van der Waals surface area contributed by atoms with Crippen molar-refractivity contribution in [2.45, 2.75) is 64.6 Å². The molecule has 0 aromatic carbocycles. The van der Waals surface area contributed by atoms with Gasteiger partial charge in [0.05, 0.1) is 0 Å². The molecule has 0 radical (unpaired) electrons. The lowest BCUT2D eigenvalue weighted by Crippen LogP contribution is -2.45. The van der Waals surface area contributed by atoms with Crippen LogP contribution in [-0.4, -0.2) is 35.0 Å². The fourth-order valence-electron chi connectivity index (χ4n) is 2.57. The van der Waals surface area contributed by atoms with Crippen molar-refractivity contribution in [1.29, 1.82) is 0 Å². The SMILES string of the molecule is CC(NC1CC(=O)N(C(C)(C)C)C1)C1CC1. The number of carbonyl (C=O) groups is 1. The molecule has 92 valence electrons. The maximum atomic E-state index is 11.9. The number of nitrogens with zero attached hydrogens (tertiary/aromatic N) is 1. The highest BCUT2D eigenvalue weighted by molar-refractivity contribution is 5.80. The van der Waals surface area contributed by atoms with Crippen LogP contribution in [0.15, 0.2) is 0 Å². The second kappa shape index (κ2) is 4.02. The first kappa shape index (κ1) is 11.9. The average molecular weight is 224 g/mol. The predicted octanol–water partition coefficient (Wildman–Crippen LogP) is 1.77. The van der Waals surface area contributed by atoms with E-state index in [4.69, 9.17) is 0 Å². The van der Waals surface area contributed by atoms with Crippen molar-refractivity contribution in [1.82, 2.24) is 10.2 Å². The second-order valence-electron chi connectivity index (χ2n) is 6.37. The summed E-state index contributed by atoms with van der Waals surface area (Å²) in [6.45, 7) is 9.45. The molecular formula is C13H24N2O. The number of nitrogens with one attached hydrogen (secondary N) is 1. The van der Waals surface area contributed by atoms with Crippen molar-refractivity contribution in [3.63, 3.8) is 0 Å². The van der Waals surface area contributed by atoms with Crippen molar-refractivity contribution in [2.75, 3.05) is 6.54 Å². The van der Waals surface area contributed by atoms with Gasteiger partial charge >= 0.3 is 0 Å². The van der Waals surface area contributed by atoms with Crippen molar-refractivity contribution >= 4 is 5.91 Å². The van der Waals surface area contributed by atoms with E-state index in [1.165, 1.54) is 12.8 Å². The third-order valence-corrected chi connectivity index (χ3v) is 3.76. The predicted molar refractivity (Wildman–Crippen MR) is 65.2 cm³/mol. The summed E-state index contributed by atoms with van der Waals surface area (Å²) in [5, 5.41) is 3.61. The van der Waals surface area contributed by atoms with Crippen LogP contribution in [0.3, 0.4) is 0 Å². The van der Waals surface area contributed by atoms with Crippen LogP contribution in [0.4, 0.5) is 0 Å². The van der Waals surface area contributed by atoms with Crippen LogP contribution in [0.1, 0.15) is 47.0 Å². The normalized spacial score (nSPS) is 28.6. The molecule has 2 fully saturated rings. The van der Waals surface area contributed by atoms with Crippen LogP contribution in [0.25, 0.3) is 0 Å². The Bertz CT molecular complexity index is 278. The molecule has 1 heterocycles. The summed E-state index contributed by atoms with van der Waals surface area (Å²) in [5.74, 6) is 1.16. The molecule has 16 heavy (non-hydrogen) atoms. The van der Waals surface area contributed by atoms with E-state index in [9.17, 15) is 4.79 Å². The summed E-state index contributed by atoms with van der Waals surface area (Å²) in [6, 6.07) is 0.944. The lowest BCUT2D eigenvalue weighted by atomic mass is 10.1. The Balaban J connectivity index is 1.88. The molecular weight excluding hydrogens is 200 g/mol. The Kier molecular flexibility index (Phi) is 2.99. The summed E-state index contributed by atoms with van der Waals surface area (Å²) in [5.41, 5.74) is -0.0314. The fourth-order valence-corrected chi connectivity index (χ4v) is 2.57. The summed E-state index contributed by atoms with van der Waals surface area (Å²) in [6.07, 6.45) is 3.39. The van der Waals surface area contributed by atoms with Crippen molar-refractivity contribution in [3.8, 4) is 0 Å². The van der Waals surface area contributed by atoms with Gasteiger partial charge in [-0.25, -0.2) is 0 Å². The number of hydrogen-bond donors (Lipinski definition) is 1. The van der Waals surface area contributed by atoms with Gasteiger partial charge in [0.15, 0.2) is 0 Å². The van der Waals surface area contributed by atoms with E-state index in [2.05, 4.69) is 33.0 Å². The molecule has 2 atom stereocenters. The Morgan fingerprint density at radius 3 is 2.44 bits per heavy atom. The Morgan fingerprint density at radius 1 is 1.38 bits per heavy atom. The van der Waals surface area contributed by atoms with E-state index in [0.29, 0.717) is 24.4 Å². The highest BCUT2D eigenvalue weighted by Crippen LogP contribution is 2.33. The zero-order valence-electron chi connectivity index (χ0n) is 10.9. The van der Waals surface area contributed by atoms with E-state index in [1.54, 1.807) is 0 Å². The molecule has 3 heteroatoms. The van der Waals surface area contributed by atoms with Gasteiger partial charge in [0.1, 0.15) is 0 Å². The number of likely N-dealkylation sites (tertiary alicyclic amines) is 1. The van der Waals surface area contributed by atoms with Gasteiger partial charge in [-0.2, -0.15) is 0 Å². The first-order valence-corrected chi connectivity index (χ1v) is 6.44. The molecule has 3 nitrogen and oxygen atoms in total. The minimum atomic E-state index is -0.0314. The van der Waals surface area contributed by atoms with E-state index in [-0.39, 0.29) is 5.54 Å². The number of amides is 1. The minimum absolute atomic E-state index is 0.0314. The van der Waals surface area contributed by atoms with Gasteiger partial charge in [-0.1, -0.05) is 0 Å². The van der Waals surface area contributed by atoms with E-state index >= 15 is 0 Å². The van der Waals surface area contributed by atoms with Crippen molar-refractivity contribution in [2.24, 2.45) is 5.92 Å². The van der Waals surface area contributed by atoms with E-state index < -0.39 is 0 Å². The van der Waals surface area contributed by atoms with Gasteiger partial charge in [-0.3, -0.25) is 4.79 Å². The highest BCUT2D eigenvalue weighted by Gasteiger charge is 2.38. The minimum Gasteiger partial charge on any atom is -0.336 e.